The lowest BCUT2D eigenvalue weighted by atomic mass is 9.83. The Morgan fingerprint density at radius 1 is 1.00 bits per heavy atom. The van der Waals surface area contributed by atoms with Gasteiger partial charge in [-0.05, 0) is 74.9 Å². The van der Waals surface area contributed by atoms with E-state index in [2.05, 4.69) is 19.8 Å². The minimum atomic E-state index is -1.00. The average molecular weight is 701 g/mol. The van der Waals surface area contributed by atoms with Gasteiger partial charge in [0.2, 0.25) is 0 Å². The van der Waals surface area contributed by atoms with Crippen LogP contribution in [-0.4, -0.2) is 117 Å². The van der Waals surface area contributed by atoms with Crippen molar-refractivity contribution in [2.45, 2.75) is 57.2 Å². The Morgan fingerprint density at radius 2 is 1.74 bits per heavy atom. The van der Waals surface area contributed by atoms with Crippen LogP contribution in [-0.2, 0) is 16.0 Å². The molecular weight excluding hydrogens is 656 g/mol. The number of H-pyrrole nitrogens is 1. The normalized spacial score (nSPS) is 23.8. The number of aromatic nitrogens is 3. The topological polar surface area (TPSA) is 133 Å². The number of aromatic amines is 1. The molecule has 0 saturated carbocycles. The minimum absolute atomic E-state index is 0.104. The number of hydrogen-bond donors (Lipinski definition) is 2. The smallest absolute Gasteiger partial charge is 0.410 e. The summed E-state index contributed by atoms with van der Waals surface area (Å²) >= 11 is 6.43. The van der Waals surface area contributed by atoms with Crippen molar-refractivity contribution in [2.24, 2.45) is 5.92 Å². The largest absolute Gasteiger partial charge is 0.436 e. The van der Waals surface area contributed by atoms with E-state index in [-0.39, 0.29) is 24.1 Å². The van der Waals surface area contributed by atoms with Crippen LogP contribution in [0.2, 0.25) is 5.02 Å². The Balaban J connectivity index is 0.951. The number of pyridine rings is 1. The fourth-order valence-corrected chi connectivity index (χ4v) is 9.04. The van der Waals surface area contributed by atoms with Gasteiger partial charge in [0.05, 0.1) is 33.5 Å². The first-order chi connectivity index (χ1) is 24.2. The third-order valence-electron chi connectivity index (χ3n) is 11.6. The SMILES string of the molecule is Cc1cc(C[C@@H](OC(=O)N2CCC(n3c(=O)[nH]c4c5ccccc5ncc43)CC2)C(=O)N2CCN(C3CN4CCC3CC4)CC2)cc(Cl)c1N. The summed E-state index contributed by atoms with van der Waals surface area (Å²) in [6.07, 6.45) is 4.08. The molecule has 12 nitrogen and oxygen atoms in total. The average Bonchev–Trinajstić information content (AvgIpc) is 3.50. The molecule has 1 unspecified atom stereocenters. The molecule has 9 rings (SSSR count). The second kappa shape index (κ2) is 13.5. The van der Waals surface area contributed by atoms with Crippen molar-refractivity contribution in [2.75, 3.05) is 64.6 Å². The van der Waals surface area contributed by atoms with Gasteiger partial charge >= 0.3 is 11.8 Å². The lowest BCUT2D eigenvalue weighted by molar-refractivity contribution is -0.143. The van der Waals surface area contributed by atoms with E-state index in [4.69, 9.17) is 22.1 Å². The number of likely N-dealkylation sites (tertiary alicyclic amines) is 1. The molecule has 2 aromatic heterocycles. The molecule has 5 aliphatic rings. The zero-order valence-electron chi connectivity index (χ0n) is 28.5. The molecular formula is C37H45ClN8O4. The molecule has 5 fully saturated rings. The van der Waals surface area contributed by atoms with Crippen LogP contribution in [0.3, 0.4) is 0 Å². The molecule has 50 heavy (non-hydrogen) atoms. The number of imidazole rings is 1. The summed E-state index contributed by atoms with van der Waals surface area (Å²) in [5.74, 6) is 0.558. The molecule has 2 aromatic carbocycles. The molecule has 0 radical (unpaired) electrons. The summed E-state index contributed by atoms with van der Waals surface area (Å²) in [5.41, 5.74) is 10.4. The standard InChI is InChI=1S/C37H45ClN8O4/c1-23-18-24(19-28(38)33(23)39)20-32(35(47)44-16-14-43(15-17-44)31-22-42-10-6-25(31)7-11-42)50-37(49)45-12-8-26(9-13-45)46-30-21-40-29-5-3-2-4-27(29)34(30)41-36(46)48/h2-5,18-19,21,25-26,31-32H,6-17,20,22,39H2,1H3,(H,41,48)/t31?,32-/m1/s1. The van der Waals surface area contributed by atoms with E-state index in [1.54, 1.807) is 21.7 Å². The molecule has 7 heterocycles. The zero-order valence-corrected chi connectivity index (χ0v) is 29.3. The van der Waals surface area contributed by atoms with E-state index in [0.29, 0.717) is 55.8 Å². The molecule has 2 amide bonds. The molecule has 3 N–H and O–H groups in total. The molecule has 264 valence electrons. The number of nitrogens with one attached hydrogen (secondary N) is 1. The van der Waals surface area contributed by atoms with Crippen LogP contribution in [0, 0.1) is 12.8 Å². The maximum Gasteiger partial charge on any atom is 0.410 e. The highest BCUT2D eigenvalue weighted by atomic mass is 35.5. The summed E-state index contributed by atoms with van der Waals surface area (Å²) < 4.78 is 7.86. The van der Waals surface area contributed by atoms with Gasteiger partial charge in [-0.25, -0.2) is 9.59 Å². The van der Waals surface area contributed by atoms with Crippen molar-refractivity contribution in [1.29, 1.82) is 0 Å². The first-order valence-electron chi connectivity index (χ1n) is 18.0. The second-order valence-electron chi connectivity index (χ2n) is 14.5. The van der Waals surface area contributed by atoms with Crippen molar-refractivity contribution >= 4 is 51.2 Å². The number of nitrogen functional groups attached to an aromatic ring is 1. The predicted octanol–water partition coefficient (Wildman–Crippen LogP) is 4.05. The monoisotopic (exact) mass is 700 g/mol. The number of fused-ring (bicyclic) bond motifs is 6. The number of benzene rings is 2. The van der Waals surface area contributed by atoms with E-state index in [0.717, 1.165) is 58.6 Å². The second-order valence-corrected chi connectivity index (χ2v) is 14.9. The van der Waals surface area contributed by atoms with Crippen LogP contribution < -0.4 is 11.4 Å². The summed E-state index contributed by atoms with van der Waals surface area (Å²) in [5, 5.41) is 1.32. The zero-order chi connectivity index (χ0) is 34.5. The minimum Gasteiger partial charge on any atom is -0.436 e. The van der Waals surface area contributed by atoms with Crippen LogP contribution >= 0.6 is 11.6 Å². The Morgan fingerprint density at radius 3 is 2.44 bits per heavy atom. The van der Waals surface area contributed by atoms with Gasteiger partial charge in [0.15, 0.2) is 6.10 Å². The van der Waals surface area contributed by atoms with Crippen molar-refractivity contribution in [1.82, 2.24) is 34.1 Å². The van der Waals surface area contributed by atoms with E-state index in [1.165, 1.54) is 25.9 Å². The van der Waals surface area contributed by atoms with Crippen molar-refractivity contribution in [3.63, 3.8) is 0 Å². The number of piperidine rings is 4. The summed E-state index contributed by atoms with van der Waals surface area (Å²) in [4.78, 5) is 57.2. The number of aryl methyl sites for hydroxylation is 1. The Kier molecular flexibility index (Phi) is 8.94. The maximum atomic E-state index is 14.1. The number of halogens is 1. The number of piperazine rings is 1. The molecule has 2 bridgehead atoms. The molecule has 5 aliphatic heterocycles. The molecule has 0 spiro atoms. The maximum absolute atomic E-state index is 14.1. The number of anilines is 1. The number of rotatable bonds is 6. The van der Waals surface area contributed by atoms with Crippen LogP contribution in [0.1, 0.15) is 42.9 Å². The Labute approximate surface area is 296 Å². The highest BCUT2D eigenvalue weighted by Crippen LogP contribution is 2.32. The first-order valence-corrected chi connectivity index (χ1v) is 18.3. The van der Waals surface area contributed by atoms with Gasteiger partial charge in [-0.15, -0.1) is 0 Å². The molecule has 2 atom stereocenters. The van der Waals surface area contributed by atoms with Gasteiger partial charge < -0.3 is 30.2 Å². The molecule has 13 heteroatoms. The van der Waals surface area contributed by atoms with Crippen LogP contribution in [0.15, 0.2) is 47.4 Å². The number of carbonyl (C=O) groups excluding carboxylic acids is 2. The lowest BCUT2D eigenvalue weighted by Gasteiger charge is -2.51. The van der Waals surface area contributed by atoms with Crippen molar-refractivity contribution < 1.29 is 14.3 Å². The van der Waals surface area contributed by atoms with Gasteiger partial charge in [-0.1, -0.05) is 35.9 Å². The van der Waals surface area contributed by atoms with Gasteiger partial charge in [0, 0.05) is 69.7 Å². The van der Waals surface area contributed by atoms with Gasteiger partial charge in [0.1, 0.15) is 0 Å². The van der Waals surface area contributed by atoms with Crippen LogP contribution in [0.5, 0.6) is 0 Å². The fourth-order valence-electron chi connectivity index (χ4n) is 8.75. The summed E-state index contributed by atoms with van der Waals surface area (Å²) in [6, 6.07) is 11.9. The number of nitrogens with two attached hydrogens (primary N) is 1. The number of ether oxygens (including phenoxy) is 1. The number of hydrogen-bond acceptors (Lipinski definition) is 8. The fraction of sp³-hybridized carbons (Fsp3) is 0.514. The van der Waals surface area contributed by atoms with Crippen LogP contribution in [0.25, 0.3) is 21.9 Å². The number of para-hydroxylation sites is 1. The van der Waals surface area contributed by atoms with Gasteiger partial charge in [-0.3, -0.25) is 19.2 Å². The summed E-state index contributed by atoms with van der Waals surface area (Å²) in [6.45, 7) is 9.05. The molecule has 4 aromatic rings. The highest BCUT2D eigenvalue weighted by molar-refractivity contribution is 6.33. The molecule has 0 aliphatic carbocycles. The number of nitrogens with zero attached hydrogens (tertiary/aromatic N) is 6. The number of amides is 2. The summed E-state index contributed by atoms with van der Waals surface area (Å²) in [7, 11) is 0. The van der Waals surface area contributed by atoms with E-state index < -0.39 is 12.2 Å². The lowest BCUT2D eigenvalue weighted by Crippen LogP contribution is -2.62. The van der Waals surface area contributed by atoms with Crippen LogP contribution in [0.4, 0.5) is 10.5 Å². The Hall–Kier alpha value is -4.13. The Bertz CT molecular complexity index is 1950. The van der Waals surface area contributed by atoms with Gasteiger partial charge in [-0.2, -0.15) is 0 Å². The third kappa shape index (κ3) is 6.22. The predicted molar refractivity (Wildman–Crippen MR) is 193 cm³/mol. The molecule has 5 saturated heterocycles. The third-order valence-corrected chi connectivity index (χ3v) is 11.9. The van der Waals surface area contributed by atoms with Gasteiger partial charge in [0.25, 0.3) is 5.91 Å². The number of carbonyl (C=O) groups is 2. The van der Waals surface area contributed by atoms with E-state index in [1.807, 2.05) is 42.2 Å². The van der Waals surface area contributed by atoms with Crippen molar-refractivity contribution in [3.05, 3.63) is 69.2 Å². The first kappa shape index (κ1) is 33.0. The highest BCUT2D eigenvalue weighted by Gasteiger charge is 2.40. The quantitative estimate of drug-likeness (QED) is 0.288. The van der Waals surface area contributed by atoms with E-state index in [9.17, 15) is 14.4 Å². The van der Waals surface area contributed by atoms with E-state index >= 15 is 0 Å². The van der Waals surface area contributed by atoms with Crippen molar-refractivity contribution in [3.8, 4) is 0 Å².